The highest BCUT2D eigenvalue weighted by molar-refractivity contribution is 7.48. The highest BCUT2D eigenvalue weighted by Crippen LogP contribution is 2.71. The van der Waals surface area contributed by atoms with E-state index in [1.54, 1.807) is 59.8 Å². The van der Waals surface area contributed by atoms with Gasteiger partial charge in [-0.05, 0) is 123 Å². The lowest BCUT2D eigenvalue weighted by molar-refractivity contribution is -0.201. The Kier molecular flexibility index (Phi) is 12.9. The molecule has 1 saturated heterocycles. The Bertz CT molecular complexity index is 2180. The second-order valence-corrected chi connectivity index (χ2v) is 21.9. The number of halogens is 2. The van der Waals surface area contributed by atoms with Crippen LogP contribution in [0.15, 0.2) is 72.3 Å². The number of unbranched alkanes of at least 4 members (excludes halogenated alkanes) is 1. The molecule has 7 rings (SSSR count). The molecule has 344 valence electrons. The van der Waals surface area contributed by atoms with Crippen LogP contribution < -0.4 is 11.1 Å². The third-order valence-electron chi connectivity index (χ3n) is 13.7. The molecule has 4 fully saturated rings. The van der Waals surface area contributed by atoms with Crippen LogP contribution in [0.3, 0.4) is 0 Å². The number of Topliss-reactive ketones (excluding diaryl/α,β-unsaturated/α-hetero) is 1. The summed E-state index contributed by atoms with van der Waals surface area (Å²) in [4.78, 5) is 40.0. The van der Waals surface area contributed by atoms with Crippen LogP contribution in [0.2, 0.25) is 0 Å². The van der Waals surface area contributed by atoms with Crippen LogP contribution in [0.4, 0.5) is 14.5 Å². The Morgan fingerprint density at radius 1 is 1.00 bits per heavy atom. The van der Waals surface area contributed by atoms with Crippen LogP contribution in [-0.2, 0) is 47.9 Å². The predicted octanol–water partition coefficient (Wildman–Crippen LogP) is 9.26. The summed E-state index contributed by atoms with van der Waals surface area (Å²) in [5.41, 5.74) is 1.27. The van der Waals surface area contributed by atoms with Gasteiger partial charge in [-0.25, -0.2) is 4.57 Å². The average molecular weight is 897 g/mol. The molecule has 4 N–H and O–H groups in total. The van der Waals surface area contributed by atoms with E-state index in [4.69, 9.17) is 28.8 Å². The first-order valence-corrected chi connectivity index (χ1v) is 23.5. The second-order valence-electron chi connectivity index (χ2n) is 20.4. The number of phosphoric acid groups is 1. The van der Waals surface area contributed by atoms with Gasteiger partial charge in [0.15, 0.2) is 23.5 Å². The third-order valence-corrected chi connectivity index (χ3v) is 15.7. The number of aliphatic hydroxyl groups is 1. The van der Waals surface area contributed by atoms with E-state index in [1.807, 2.05) is 13.0 Å². The van der Waals surface area contributed by atoms with Crippen molar-refractivity contribution in [2.75, 3.05) is 18.5 Å². The molecule has 0 spiro atoms. The number of nitrogens with one attached hydrogen (secondary N) is 1. The van der Waals surface area contributed by atoms with Crippen molar-refractivity contribution in [1.82, 2.24) is 0 Å². The topological polar surface area (TPSA) is 173 Å². The number of hydrogen-bond acceptors (Lipinski definition) is 11. The zero-order valence-electron chi connectivity index (χ0n) is 37.6. The first kappa shape index (κ1) is 47.5. The average Bonchev–Trinajstić information content (AvgIpc) is 3.69. The van der Waals surface area contributed by atoms with Crippen molar-refractivity contribution in [1.29, 1.82) is 0 Å². The van der Waals surface area contributed by atoms with Gasteiger partial charge in [0, 0.05) is 45.5 Å². The lowest BCUT2D eigenvalue weighted by Gasteiger charge is -2.59. The fourth-order valence-electron chi connectivity index (χ4n) is 11.2. The molecule has 9 atom stereocenters. The number of amides is 1. The molecule has 0 unspecified atom stereocenters. The molecule has 12 nitrogen and oxygen atoms in total. The van der Waals surface area contributed by atoms with Gasteiger partial charge in [-0.2, -0.15) is 8.78 Å². The van der Waals surface area contributed by atoms with Crippen LogP contribution in [0, 0.1) is 28.6 Å². The number of carbonyl (C=O) groups is 3. The molecule has 0 radical (unpaired) electrons. The number of carbonyl (C=O) groups excluding carboxylic acids is 3. The minimum atomic E-state index is -4.36. The van der Waals surface area contributed by atoms with E-state index in [2.05, 4.69) is 12.2 Å². The molecule has 0 bridgehead atoms. The number of nitrogens with two attached hydrogens (primary N) is 1. The fraction of sp³-hybridized carbons (Fsp3) is 0.604. The highest BCUT2D eigenvalue weighted by atomic mass is 31.2. The zero-order chi connectivity index (χ0) is 46.0. The van der Waals surface area contributed by atoms with Gasteiger partial charge >= 0.3 is 7.82 Å². The monoisotopic (exact) mass is 896 g/mol. The summed E-state index contributed by atoms with van der Waals surface area (Å²) < 4.78 is 77.6. The maximum Gasteiger partial charge on any atom is 0.476 e. The lowest BCUT2D eigenvalue weighted by Crippen LogP contribution is -2.63. The summed E-state index contributed by atoms with van der Waals surface area (Å²) in [6.07, 6.45) is 5.59. The van der Waals surface area contributed by atoms with E-state index in [1.165, 1.54) is 42.5 Å². The van der Waals surface area contributed by atoms with E-state index in [9.17, 15) is 19.3 Å². The normalized spacial score (nSPS) is 31.7. The first-order valence-electron chi connectivity index (χ1n) is 22.1. The van der Waals surface area contributed by atoms with E-state index in [-0.39, 0.29) is 59.1 Å². The van der Waals surface area contributed by atoms with E-state index in [0.717, 1.165) is 5.57 Å². The van der Waals surface area contributed by atoms with Gasteiger partial charge in [0.2, 0.25) is 5.91 Å². The van der Waals surface area contributed by atoms with E-state index < -0.39 is 72.3 Å². The van der Waals surface area contributed by atoms with Crippen molar-refractivity contribution in [2.45, 2.75) is 142 Å². The van der Waals surface area contributed by atoms with Crippen molar-refractivity contribution >= 4 is 31.0 Å². The highest BCUT2D eigenvalue weighted by Gasteiger charge is 2.76. The second kappa shape index (κ2) is 17.1. The Hall–Kier alpha value is -3.46. The van der Waals surface area contributed by atoms with Gasteiger partial charge in [-0.15, -0.1) is 0 Å². The van der Waals surface area contributed by atoms with Gasteiger partial charge < -0.3 is 25.6 Å². The molecule has 15 heteroatoms. The SMILES string of the molecule is CC(C)(C)OP(=O)(OCC(=O)[C@@]12O[C@H](c3ccc(C(F)(F)c4cccc(NC(=O)CCCCN)c4)cc3)O[C@@H]1C[C@H]1[C@@H]3CCC4=CC(=O)C=C[C@]4(C)[C@H]3[C@@H](O)C[C@@]12C)OC(C)(C)C. The number of hydrogen-bond donors (Lipinski definition) is 3. The molecule has 1 amide bonds. The summed E-state index contributed by atoms with van der Waals surface area (Å²) in [5, 5.41) is 14.9. The molecular formula is C48H63F2N2O10P. The van der Waals surface area contributed by atoms with E-state index >= 15 is 13.6 Å². The fourth-order valence-corrected chi connectivity index (χ4v) is 12.9. The largest absolute Gasteiger partial charge is 0.476 e. The number of phosphoric ester groups is 1. The molecular weight excluding hydrogens is 834 g/mol. The number of fused-ring (bicyclic) bond motifs is 7. The van der Waals surface area contributed by atoms with Gasteiger partial charge in [0.05, 0.1) is 23.4 Å². The van der Waals surface area contributed by atoms with Crippen LogP contribution in [-0.4, -0.2) is 64.7 Å². The molecule has 5 aliphatic rings. The lowest BCUT2D eigenvalue weighted by atomic mass is 9.46. The van der Waals surface area contributed by atoms with Gasteiger partial charge in [0.1, 0.15) is 6.61 Å². The Morgan fingerprint density at radius 2 is 1.68 bits per heavy atom. The first-order chi connectivity index (χ1) is 29.3. The van der Waals surface area contributed by atoms with Crippen molar-refractivity contribution in [3.8, 4) is 0 Å². The van der Waals surface area contributed by atoms with Gasteiger partial charge in [-0.1, -0.05) is 61.9 Å². The van der Waals surface area contributed by atoms with Crippen molar-refractivity contribution in [3.63, 3.8) is 0 Å². The summed E-state index contributed by atoms with van der Waals surface area (Å²) in [6, 6.07) is 11.1. The molecule has 1 aliphatic heterocycles. The van der Waals surface area contributed by atoms with Crippen LogP contribution in [0.1, 0.15) is 123 Å². The van der Waals surface area contributed by atoms with Crippen molar-refractivity contribution in [2.24, 2.45) is 34.3 Å². The number of alkyl halides is 2. The molecule has 3 saturated carbocycles. The number of ketones is 2. The number of ether oxygens (including phenoxy) is 2. The smallest absolute Gasteiger partial charge is 0.393 e. The van der Waals surface area contributed by atoms with Gasteiger partial charge in [-0.3, -0.25) is 28.0 Å². The van der Waals surface area contributed by atoms with Crippen LogP contribution >= 0.6 is 7.82 Å². The number of anilines is 1. The molecule has 63 heavy (non-hydrogen) atoms. The van der Waals surface area contributed by atoms with Crippen molar-refractivity contribution < 1.29 is 55.9 Å². The van der Waals surface area contributed by atoms with E-state index in [0.29, 0.717) is 44.2 Å². The number of benzene rings is 2. The Balaban J connectivity index is 1.19. The molecule has 4 aliphatic carbocycles. The third kappa shape index (κ3) is 9.08. The zero-order valence-corrected chi connectivity index (χ0v) is 38.5. The standard InChI is InChI=1S/C48H63F2N2O10P/c1-43(2,3)61-63(57,62-44(4,5)6)58-28-38(55)47-39(26-36-35-20-19-31-25-34(53)21-22-45(31,7)41(35)37(54)27-46(36,47)8)59-42(60-47)29-15-17-30(18-16-29)48(49,50)32-12-11-13-33(24-32)52-40(56)14-9-10-23-51/h11-13,15-18,21-22,24-25,35-37,39,41-42,54H,9-10,14,19-20,23,26-28,51H2,1-8H3,(H,52,56)/t35-,36-,37-,39+,41+,42+,45-,46-,47+/m0/s1. The van der Waals surface area contributed by atoms with Gasteiger partial charge in [0.25, 0.3) is 5.92 Å². The molecule has 2 aromatic carbocycles. The van der Waals surface area contributed by atoms with Crippen molar-refractivity contribution in [3.05, 3.63) is 89.0 Å². The predicted molar refractivity (Wildman–Crippen MR) is 232 cm³/mol. The minimum absolute atomic E-state index is 0.0757. The molecule has 2 aromatic rings. The quantitative estimate of drug-likeness (QED) is 0.122. The summed E-state index contributed by atoms with van der Waals surface area (Å²) in [7, 11) is -4.36. The number of allylic oxidation sites excluding steroid dienone is 4. The maximum absolute atomic E-state index is 16.1. The summed E-state index contributed by atoms with van der Waals surface area (Å²) >= 11 is 0. The Labute approximate surface area is 369 Å². The molecule has 0 aromatic heterocycles. The van der Waals surface area contributed by atoms with Crippen LogP contribution in [0.25, 0.3) is 0 Å². The Morgan fingerprint density at radius 3 is 2.33 bits per heavy atom. The minimum Gasteiger partial charge on any atom is -0.393 e. The summed E-state index contributed by atoms with van der Waals surface area (Å²) in [5.74, 6) is -4.88. The summed E-state index contributed by atoms with van der Waals surface area (Å²) in [6.45, 7) is 13.9. The number of aliphatic hydroxyl groups excluding tert-OH is 1. The maximum atomic E-state index is 16.1. The number of rotatable bonds is 14. The van der Waals surface area contributed by atoms with Crippen LogP contribution in [0.5, 0.6) is 0 Å². The molecule has 1 heterocycles.